The molecule has 2 fully saturated rings. The van der Waals surface area contributed by atoms with Gasteiger partial charge in [0.25, 0.3) is 11.8 Å². The highest BCUT2D eigenvalue weighted by Gasteiger charge is 2.43. The molecule has 2 heterocycles. The molecule has 4 aromatic rings. The number of nitrogens with one attached hydrogen (secondary N) is 3. The van der Waals surface area contributed by atoms with Crippen LogP contribution >= 0.6 is 22.9 Å². The predicted molar refractivity (Wildman–Crippen MR) is 295 cm³/mol. The van der Waals surface area contributed by atoms with Crippen LogP contribution in [0, 0.1) is 16.7 Å². The number of halogens is 1. The van der Waals surface area contributed by atoms with E-state index in [0.29, 0.717) is 63.2 Å². The average Bonchev–Trinajstić information content (AvgIpc) is 4.05. The Morgan fingerprint density at radius 2 is 1.11 bits per heavy atom. The number of likely N-dealkylation sites (N-methyl/N-ethyl adjacent to an activating group) is 1. The zero-order chi connectivity index (χ0) is 52.3. The maximum absolute atomic E-state index is 14.9. The minimum Gasteiger partial charge on any atom is -0.342 e. The van der Waals surface area contributed by atoms with Crippen molar-refractivity contribution in [2.24, 2.45) is 16.7 Å². The molecule has 3 N–H and O–H groups in total. The number of fused-ring (bicyclic) bond motifs is 1. The molecule has 2 aliphatic heterocycles. The van der Waals surface area contributed by atoms with Crippen molar-refractivity contribution in [3.05, 3.63) is 119 Å². The van der Waals surface area contributed by atoms with Crippen LogP contribution in [0.1, 0.15) is 119 Å². The molecule has 0 bridgehead atoms. The van der Waals surface area contributed by atoms with Crippen LogP contribution in [0.2, 0.25) is 0 Å². The topological polar surface area (TPSA) is 151 Å². The van der Waals surface area contributed by atoms with Crippen molar-refractivity contribution in [1.82, 2.24) is 33.8 Å². The van der Waals surface area contributed by atoms with E-state index in [1.165, 1.54) is 0 Å². The third-order valence-electron chi connectivity index (χ3n) is 14.7. The van der Waals surface area contributed by atoms with E-state index < -0.39 is 28.8 Å². The number of amides is 5. The Hall–Kier alpha value is -5.19. The molecule has 6 atom stereocenters. The van der Waals surface area contributed by atoms with Gasteiger partial charge in [-0.15, -0.1) is 0 Å². The Morgan fingerprint density at radius 1 is 0.639 bits per heavy atom. The summed E-state index contributed by atoms with van der Waals surface area (Å²) in [7, 11) is 1.71. The lowest BCUT2D eigenvalue weighted by Crippen LogP contribution is -2.59. The molecular weight excluding hydrogens is 1020 g/mol. The molecule has 0 spiro atoms. The number of likely N-dealkylation sites (tertiary alicyclic amines) is 2. The minimum absolute atomic E-state index is 0.00526. The number of Topliss-reactive ketones (excluding diaryl/α,β-unsaturated/α-hetero) is 1. The number of rotatable bonds is 21. The van der Waals surface area contributed by atoms with Gasteiger partial charge in [0.2, 0.25) is 17.7 Å². The Balaban J connectivity index is 1.27. The summed E-state index contributed by atoms with van der Waals surface area (Å²) in [5.74, 6) is -1.28. The van der Waals surface area contributed by atoms with E-state index in [4.69, 9.17) is 0 Å². The van der Waals surface area contributed by atoms with Gasteiger partial charge in [0.15, 0.2) is 5.78 Å². The summed E-state index contributed by atoms with van der Waals surface area (Å²) in [6, 6.07) is 29.3. The maximum atomic E-state index is 14.9. The Bertz CT molecular complexity index is 2340. The van der Waals surface area contributed by atoms with Gasteiger partial charge in [0, 0.05) is 97.7 Å². The summed E-state index contributed by atoms with van der Waals surface area (Å²) in [6.45, 7) is 18.1. The van der Waals surface area contributed by atoms with Crippen molar-refractivity contribution in [3.63, 3.8) is 0 Å². The van der Waals surface area contributed by atoms with Crippen molar-refractivity contribution < 1.29 is 28.8 Å². The summed E-state index contributed by atoms with van der Waals surface area (Å²) >= 11 is 1.98. The largest absolute Gasteiger partial charge is 0.342 e. The van der Waals surface area contributed by atoms with Crippen molar-refractivity contribution >= 4 is 69.0 Å². The van der Waals surface area contributed by atoms with Gasteiger partial charge < -0.3 is 30.2 Å². The molecule has 0 aromatic heterocycles. The molecule has 4 aromatic carbocycles. The molecule has 6 rings (SSSR count). The SMILES string of the molecule is CN[C@@H](C)C(=O)N[C@H](C(=O)N1CCC[C@H]1CN(CCc1ccccc1)C(=O)c1ccc2ccc(C(=O)N(CCc3ccccc3)C[C@@H]3CCCN3C(=O)[C@@H](CC(=O)[C@H](C)NI)C(C)(C)C)cc2c1)C(C)(C)C. The number of ketones is 1. The zero-order valence-electron chi connectivity index (χ0n) is 44.0. The fourth-order valence-corrected chi connectivity index (χ4v) is 10.4. The van der Waals surface area contributed by atoms with Crippen LogP contribution in [-0.2, 0) is 32.0 Å². The Kier molecular flexibility index (Phi) is 19.6. The first-order valence-corrected chi connectivity index (χ1v) is 27.0. The molecule has 5 amide bonds. The van der Waals surface area contributed by atoms with E-state index in [1.807, 2.05) is 176 Å². The van der Waals surface area contributed by atoms with Crippen LogP contribution in [-0.4, -0.2) is 131 Å². The number of nitrogens with zero attached hydrogens (tertiary/aromatic N) is 4. The number of hydrogen-bond acceptors (Lipinski definition) is 8. The molecule has 0 saturated carbocycles. The van der Waals surface area contributed by atoms with Crippen LogP contribution < -0.4 is 14.2 Å². The van der Waals surface area contributed by atoms with E-state index in [2.05, 4.69) is 26.3 Å². The fourth-order valence-electron chi connectivity index (χ4n) is 10.0. The van der Waals surface area contributed by atoms with Gasteiger partial charge >= 0.3 is 0 Å². The lowest BCUT2D eigenvalue weighted by molar-refractivity contribution is -0.143. The maximum Gasteiger partial charge on any atom is 0.253 e. The summed E-state index contributed by atoms with van der Waals surface area (Å²) in [5, 5.41) is 7.62. The zero-order valence-corrected chi connectivity index (χ0v) is 46.2. The molecule has 0 radical (unpaired) electrons. The monoisotopic (exact) mass is 1100 g/mol. The Labute approximate surface area is 442 Å². The van der Waals surface area contributed by atoms with E-state index in [0.717, 1.165) is 47.6 Å². The van der Waals surface area contributed by atoms with Crippen LogP contribution in [0.5, 0.6) is 0 Å². The third-order valence-corrected chi connectivity index (χ3v) is 15.7. The van der Waals surface area contributed by atoms with Crippen LogP contribution in [0.3, 0.4) is 0 Å². The molecule has 2 aliphatic rings. The quantitative estimate of drug-likeness (QED) is 0.0558. The second-order valence-corrected chi connectivity index (χ2v) is 22.8. The van der Waals surface area contributed by atoms with E-state index >= 15 is 0 Å². The van der Waals surface area contributed by atoms with Crippen LogP contribution in [0.4, 0.5) is 0 Å². The fraction of sp³-hybridized carbons (Fsp3) is 0.517. The standard InChI is InChI=1S/C58H78IN7O6/c1-39(62-59)50(67)36-49(57(3,4)5)55(71)65-30-16-22-47(65)37-63(32-28-41-18-12-10-13-19-41)53(69)44-26-24-43-25-27-45(35-46(43)34-44)54(70)64(33-29-42-20-14-11-15-21-42)38-48-23-17-31-66(48)56(72)51(58(6,7)8)61-52(68)40(2)60-9/h10-15,18-21,24-27,34-35,39-40,47-49,51,60,62H,16-17,22-23,28-33,36-38H2,1-9H3,(H,61,68)/t39-,40-,47-,48-,49+,51+/m0/s1. The summed E-state index contributed by atoms with van der Waals surface area (Å²) in [6.07, 6.45) is 4.45. The number of carbonyl (C=O) groups is 6. The van der Waals surface area contributed by atoms with E-state index in [9.17, 15) is 28.8 Å². The molecule has 0 aliphatic carbocycles. The first-order valence-electron chi connectivity index (χ1n) is 25.9. The summed E-state index contributed by atoms with van der Waals surface area (Å²) in [4.78, 5) is 92.6. The van der Waals surface area contributed by atoms with Gasteiger partial charge in [-0.3, -0.25) is 32.3 Å². The predicted octanol–water partition coefficient (Wildman–Crippen LogP) is 8.28. The highest BCUT2D eigenvalue weighted by Crippen LogP contribution is 2.34. The second kappa shape index (κ2) is 25.2. The van der Waals surface area contributed by atoms with Gasteiger partial charge in [-0.2, -0.15) is 0 Å². The first kappa shape index (κ1) is 56.1. The van der Waals surface area contributed by atoms with Crippen molar-refractivity contribution in [2.45, 2.75) is 131 Å². The molecule has 0 unspecified atom stereocenters. The van der Waals surface area contributed by atoms with Gasteiger partial charge in [-0.1, -0.05) is 114 Å². The molecule has 13 nitrogen and oxygen atoms in total. The van der Waals surface area contributed by atoms with Gasteiger partial charge in [0.05, 0.1) is 12.1 Å². The molecule has 2 saturated heterocycles. The molecule has 14 heteroatoms. The van der Waals surface area contributed by atoms with Crippen molar-refractivity contribution in [2.75, 3.05) is 46.3 Å². The summed E-state index contributed by atoms with van der Waals surface area (Å²) in [5.41, 5.74) is 2.15. The minimum atomic E-state index is -0.754. The molecule has 388 valence electrons. The molecular formula is C58H78IN7O6. The normalized spacial score (nSPS) is 17.8. The van der Waals surface area contributed by atoms with Crippen LogP contribution in [0.15, 0.2) is 97.1 Å². The number of carbonyl (C=O) groups excluding carboxylic acids is 6. The van der Waals surface area contributed by atoms with Crippen molar-refractivity contribution in [1.29, 1.82) is 0 Å². The van der Waals surface area contributed by atoms with Crippen molar-refractivity contribution in [3.8, 4) is 0 Å². The lowest BCUT2D eigenvalue weighted by atomic mass is 9.76. The number of benzene rings is 4. The highest BCUT2D eigenvalue weighted by molar-refractivity contribution is 14.1. The average molecular weight is 1100 g/mol. The lowest BCUT2D eigenvalue weighted by Gasteiger charge is -2.37. The highest BCUT2D eigenvalue weighted by atomic mass is 127. The number of hydrogen-bond donors (Lipinski definition) is 3. The molecule has 72 heavy (non-hydrogen) atoms. The van der Waals surface area contributed by atoms with Gasteiger partial charge in [-0.25, -0.2) is 0 Å². The second-order valence-electron chi connectivity index (χ2n) is 22.1. The van der Waals surface area contributed by atoms with Gasteiger partial charge in [0.1, 0.15) is 6.04 Å². The van der Waals surface area contributed by atoms with Crippen LogP contribution in [0.25, 0.3) is 10.8 Å². The van der Waals surface area contributed by atoms with Gasteiger partial charge in [-0.05, 0) is 116 Å². The Morgan fingerprint density at radius 3 is 1.54 bits per heavy atom. The van der Waals surface area contributed by atoms with E-state index in [-0.39, 0.29) is 59.9 Å². The smallest absolute Gasteiger partial charge is 0.253 e. The first-order chi connectivity index (χ1) is 34.2. The third kappa shape index (κ3) is 14.5. The summed E-state index contributed by atoms with van der Waals surface area (Å²) < 4.78 is 3.00. The van der Waals surface area contributed by atoms with E-state index in [1.54, 1.807) is 14.0 Å².